The van der Waals surface area contributed by atoms with Gasteiger partial charge < -0.3 is 5.32 Å². The Kier molecular flexibility index (Phi) is 4.72. The van der Waals surface area contributed by atoms with Crippen molar-refractivity contribution < 1.29 is 0 Å². The zero-order valence-electron chi connectivity index (χ0n) is 9.01. The smallest absolute Gasteiger partial charge is 0.0995 e. The molecular formula is C12H10Cl2INS. The maximum absolute atomic E-state index is 6.19. The fourth-order valence-electron chi connectivity index (χ4n) is 1.71. The van der Waals surface area contributed by atoms with Crippen molar-refractivity contribution in [1.82, 2.24) is 5.32 Å². The number of nitrogens with one attached hydrogen (secondary N) is 1. The monoisotopic (exact) mass is 397 g/mol. The molecule has 17 heavy (non-hydrogen) atoms. The van der Waals surface area contributed by atoms with Gasteiger partial charge in [0.25, 0.3) is 0 Å². The lowest BCUT2D eigenvalue weighted by molar-refractivity contribution is 0.694. The largest absolute Gasteiger partial charge is 0.309 e. The number of rotatable bonds is 3. The predicted octanol–water partition coefficient (Wildman–Crippen LogP) is 4.97. The lowest BCUT2D eigenvalue weighted by Gasteiger charge is -2.16. The summed E-state index contributed by atoms with van der Waals surface area (Å²) in [6.07, 6.45) is 0. The standard InChI is InChI=1S/C12H10Cl2INS/c1-16-11(7-2-4-8(15)5-3-7)9-6-10(13)17-12(9)14/h2-6,11,16H,1H3. The van der Waals surface area contributed by atoms with Crippen molar-refractivity contribution >= 4 is 57.1 Å². The van der Waals surface area contributed by atoms with Gasteiger partial charge in [0.05, 0.1) is 14.7 Å². The van der Waals surface area contributed by atoms with Gasteiger partial charge in [-0.15, -0.1) is 11.3 Å². The normalized spacial score (nSPS) is 12.7. The van der Waals surface area contributed by atoms with Crippen molar-refractivity contribution in [2.45, 2.75) is 6.04 Å². The first kappa shape index (κ1) is 13.6. The molecule has 0 saturated heterocycles. The average Bonchev–Trinajstić information content (AvgIpc) is 2.62. The quantitative estimate of drug-likeness (QED) is 0.721. The van der Waals surface area contributed by atoms with Crippen LogP contribution in [0.5, 0.6) is 0 Å². The SMILES string of the molecule is CNC(c1ccc(I)cc1)c1cc(Cl)sc1Cl. The van der Waals surface area contributed by atoms with Gasteiger partial charge in [-0.1, -0.05) is 35.3 Å². The Bertz CT molecular complexity index is 510. The highest BCUT2D eigenvalue weighted by atomic mass is 127. The van der Waals surface area contributed by atoms with E-state index in [9.17, 15) is 0 Å². The average molecular weight is 398 g/mol. The minimum atomic E-state index is 0.0863. The summed E-state index contributed by atoms with van der Waals surface area (Å²) in [7, 11) is 1.92. The van der Waals surface area contributed by atoms with E-state index in [1.54, 1.807) is 0 Å². The van der Waals surface area contributed by atoms with Crippen LogP contribution in [0.15, 0.2) is 30.3 Å². The van der Waals surface area contributed by atoms with Crippen molar-refractivity contribution in [3.63, 3.8) is 0 Å². The van der Waals surface area contributed by atoms with Crippen molar-refractivity contribution in [3.05, 3.63) is 53.7 Å². The van der Waals surface area contributed by atoms with E-state index in [0.29, 0.717) is 0 Å². The van der Waals surface area contributed by atoms with Crippen LogP contribution in [0.25, 0.3) is 0 Å². The Hall–Kier alpha value is 0.190. The van der Waals surface area contributed by atoms with Gasteiger partial charge >= 0.3 is 0 Å². The topological polar surface area (TPSA) is 12.0 Å². The minimum Gasteiger partial charge on any atom is -0.309 e. The first-order chi connectivity index (χ1) is 8.11. The molecule has 1 heterocycles. The molecule has 0 aliphatic heterocycles. The van der Waals surface area contributed by atoms with E-state index < -0.39 is 0 Å². The van der Waals surface area contributed by atoms with Crippen molar-refractivity contribution in [2.75, 3.05) is 7.05 Å². The van der Waals surface area contributed by atoms with Gasteiger partial charge in [-0.05, 0) is 53.4 Å². The molecule has 2 rings (SSSR count). The number of thiophene rings is 1. The van der Waals surface area contributed by atoms with Crippen LogP contribution in [0.4, 0.5) is 0 Å². The summed E-state index contributed by atoms with van der Waals surface area (Å²) in [6.45, 7) is 0. The van der Waals surface area contributed by atoms with Crippen molar-refractivity contribution in [1.29, 1.82) is 0 Å². The van der Waals surface area contributed by atoms with Crippen LogP contribution in [-0.2, 0) is 0 Å². The number of halogens is 3. The highest BCUT2D eigenvalue weighted by Gasteiger charge is 2.17. The molecule has 1 nitrogen and oxygen atoms in total. The Morgan fingerprint density at radius 1 is 1.24 bits per heavy atom. The minimum absolute atomic E-state index is 0.0863. The van der Waals surface area contributed by atoms with Crippen LogP contribution in [0.2, 0.25) is 8.67 Å². The lowest BCUT2D eigenvalue weighted by atomic mass is 10.0. The van der Waals surface area contributed by atoms with E-state index in [1.165, 1.54) is 20.5 Å². The van der Waals surface area contributed by atoms with Gasteiger partial charge in [0, 0.05) is 9.13 Å². The maximum Gasteiger partial charge on any atom is 0.0995 e. The molecule has 1 N–H and O–H groups in total. The van der Waals surface area contributed by atoms with Crippen molar-refractivity contribution in [2.24, 2.45) is 0 Å². The van der Waals surface area contributed by atoms with Crippen LogP contribution in [0.1, 0.15) is 17.2 Å². The van der Waals surface area contributed by atoms with Crippen LogP contribution in [0, 0.1) is 3.57 Å². The highest BCUT2D eigenvalue weighted by molar-refractivity contribution is 14.1. The molecule has 0 amide bonds. The highest BCUT2D eigenvalue weighted by Crippen LogP contribution is 2.37. The Balaban J connectivity index is 2.39. The van der Waals surface area contributed by atoms with Crippen LogP contribution in [0.3, 0.4) is 0 Å². The zero-order chi connectivity index (χ0) is 12.4. The first-order valence-corrected chi connectivity index (χ1v) is 7.64. The number of hydrogen-bond donors (Lipinski definition) is 1. The summed E-state index contributed by atoms with van der Waals surface area (Å²) in [5.74, 6) is 0. The molecule has 0 aliphatic rings. The van der Waals surface area contributed by atoms with Gasteiger partial charge in [0.15, 0.2) is 0 Å². The molecule has 1 aromatic carbocycles. The molecular weight excluding hydrogens is 388 g/mol. The summed E-state index contributed by atoms with van der Waals surface area (Å²) in [4.78, 5) is 0. The van der Waals surface area contributed by atoms with Crippen LogP contribution < -0.4 is 5.32 Å². The lowest BCUT2D eigenvalue weighted by Crippen LogP contribution is -2.17. The molecule has 0 aliphatic carbocycles. The fraction of sp³-hybridized carbons (Fsp3) is 0.167. The molecule has 1 aromatic heterocycles. The summed E-state index contributed by atoms with van der Waals surface area (Å²) >= 11 is 15.9. The molecule has 0 fully saturated rings. The van der Waals surface area contributed by atoms with E-state index in [0.717, 1.165) is 14.2 Å². The van der Waals surface area contributed by atoms with E-state index in [2.05, 4.69) is 52.2 Å². The molecule has 1 atom stereocenters. The van der Waals surface area contributed by atoms with E-state index in [1.807, 2.05) is 13.1 Å². The van der Waals surface area contributed by atoms with Gasteiger partial charge in [-0.3, -0.25) is 0 Å². The third-order valence-corrected chi connectivity index (χ3v) is 4.72. The Morgan fingerprint density at radius 2 is 1.88 bits per heavy atom. The number of hydrogen-bond acceptors (Lipinski definition) is 2. The zero-order valence-corrected chi connectivity index (χ0v) is 13.5. The molecule has 0 spiro atoms. The summed E-state index contributed by atoms with van der Waals surface area (Å²) in [5, 5.41) is 3.27. The maximum atomic E-state index is 6.19. The predicted molar refractivity (Wildman–Crippen MR) is 84.4 cm³/mol. The van der Waals surface area contributed by atoms with Gasteiger partial charge in [-0.2, -0.15) is 0 Å². The van der Waals surface area contributed by atoms with E-state index >= 15 is 0 Å². The Morgan fingerprint density at radius 3 is 2.35 bits per heavy atom. The second kappa shape index (κ2) is 5.89. The van der Waals surface area contributed by atoms with E-state index in [-0.39, 0.29) is 6.04 Å². The molecule has 2 aromatic rings. The first-order valence-electron chi connectivity index (χ1n) is 4.99. The molecule has 0 saturated carbocycles. The van der Waals surface area contributed by atoms with Crippen LogP contribution >= 0.6 is 57.1 Å². The van der Waals surface area contributed by atoms with Gasteiger partial charge in [-0.25, -0.2) is 0 Å². The fourth-order valence-corrected chi connectivity index (χ4v) is 3.60. The summed E-state index contributed by atoms with van der Waals surface area (Å²) in [5.41, 5.74) is 2.22. The molecule has 5 heteroatoms. The number of benzene rings is 1. The molecule has 0 radical (unpaired) electrons. The second-order valence-electron chi connectivity index (χ2n) is 3.55. The summed E-state index contributed by atoms with van der Waals surface area (Å²) < 4.78 is 2.68. The van der Waals surface area contributed by atoms with Crippen LogP contribution in [-0.4, -0.2) is 7.05 Å². The Labute approximate surface area is 128 Å². The third kappa shape index (κ3) is 3.15. The van der Waals surface area contributed by atoms with E-state index in [4.69, 9.17) is 23.2 Å². The third-order valence-electron chi connectivity index (χ3n) is 2.49. The molecule has 1 unspecified atom stereocenters. The molecule has 90 valence electrons. The van der Waals surface area contributed by atoms with Crippen molar-refractivity contribution in [3.8, 4) is 0 Å². The van der Waals surface area contributed by atoms with Gasteiger partial charge in [0.2, 0.25) is 0 Å². The summed E-state index contributed by atoms with van der Waals surface area (Å²) in [6, 6.07) is 10.4. The molecule has 0 bridgehead atoms. The second-order valence-corrected chi connectivity index (χ2v) is 7.08. The van der Waals surface area contributed by atoms with Gasteiger partial charge in [0.1, 0.15) is 0 Å².